The molecule has 0 aromatic carbocycles. The molecule has 0 aromatic heterocycles. The first kappa shape index (κ1) is 23.9. The summed E-state index contributed by atoms with van der Waals surface area (Å²) in [6, 6.07) is 0.460. The van der Waals surface area contributed by atoms with Gasteiger partial charge in [-0.1, -0.05) is 26.2 Å². The van der Waals surface area contributed by atoms with Gasteiger partial charge in [-0.25, -0.2) is 0 Å². The Morgan fingerprint density at radius 2 is 1.88 bits per heavy atom. The molecule has 2 aliphatic heterocycles. The van der Waals surface area contributed by atoms with Crippen LogP contribution in [0.3, 0.4) is 0 Å². The molecule has 2 N–H and O–H groups in total. The minimum absolute atomic E-state index is 0. The van der Waals surface area contributed by atoms with Gasteiger partial charge in [0.2, 0.25) is 0 Å². The van der Waals surface area contributed by atoms with Gasteiger partial charge in [0.15, 0.2) is 5.96 Å². The van der Waals surface area contributed by atoms with E-state index in [-0.39, 0.29) is 24.0 Å². The largest absolute Gasteiger partial charge is 0.381 e. The fourth-order valence-electron chi connectivity index (χ4n) is 3.61. The van der Waals surface area contributed by atoms with Crippen LogP contribution in [0.4, 0.5) is 0 Å². The van der Waals surface area contributed by atoms with Gasteiger partial charge in [-0.2, -0.15) is 0 Å². The molecule has 2 unspecified atom stereocenters. The van der Waals surface area contributed by atoms with Gasteiger partial charge in [0.05, 0.1) is 26.4 Å². The lowest BCUT2D eigenvalue weighted by Gasteiger charge is -2.36. The summed E-state index contributed by atoms with van der Waals surface area (Å²) in [4.78, 5) is 7.46. The average Bonchev–Trinajstić information content (AvgIpc) is 3.17. The predicted octanol–water partition coefficient (Wildman–Crippen LogP) is 2.48. The summed E-state index contributed by atoms with van der Waals surface area (Å²) in [5, 5.41) is 6.88. The van der Waals surface area contributed by atoms with E-state index in [0.29, 0.717) is 12.0 Å². The zero-order valence-corrected chi connectivity index (χ0v) is 19.0. The molecule has 0 aliphatic carbocycles. The van der Waals surface area contributed by atoms with Crippen LogP contribution in [-0.4, -0.2) is 76.1 Å². The second kappa shape index (κ2) is 14.9. The number of nitrogens with zero attached hydrogens (tertiary/aromatic N) is 2. The van der Waals surface area contributed by atoms with Crippen molar-refractivity contribution in [1.82, 2.24) is 15.5 Å². The van der Waals surface area contributed by atoms with Crippen molar-refractivity contribution in [3.8, 4) is 0 Å². The number of hydrogen-bond donors (Lipinski definition) is 2. The Morgan fingerprint density at radius 1 is 1.08 bits per heavy atom. The Hall–Kier alpha value is -0.120. The maximum atomic E-state index is 5.65. The van der Waals surface area contributed by atoms with E-state index in [1.807, 2.05) is 0 Å². The summed E-state index contributed by atoms with van der Waals surface area (Å²) >= 11 is 0. The molecule has 2 fully saturated rings. The topological polar surface area (TPSA) is 58.1 Å². The van der Waals surface area contributed by atoms with E-state index in [0.717, 1.165) is 71.5 Å². The second-order valence-electron chi connectivity index (χ2n) is 7.05. The van der Waals surface area contributed by atoms with Crippen molar-refractivity contribution in [2.24, 2.45) is 10.9 Å². The Balaban J connectivity index is 0.00000338. The van der Waals surface area contributed by atoms with Crippen molar-refractivity contribution in [3.05, 3.63) is 0 Å². The van der Waals surface area contributed by atoms with Gasteiger partial charge in [0, 0.05) is 44.7 Å². The summed E-state index contributed by atoms with van der Waals surface area (Å²) in [6.45, 7) is 12.6. The molecule has 0 amide bonds. The minimum atomic E-state index is 0. The summed E-state index contributed by atoms with van der Waals surface area (Å²) in [7, 11) is 0. The van der Waals surface area contributed by atoms with Crippen LogP contribution in [0.25, 0.3) is 0 Å². The smallest absolute Gasteiger partial charge is 0.191 e. The first-order chi connectivity index (χ1) is 12.3. The van der Waals surface area contributed by atoms with E-state index in [4.69, 9.17) is 14.5 Å². The first-order valence-corrected chi connectivity index (χ1v) is 10.3. The van der Waals surface area contributed by atoms with E-state index >= 15 is 0 Å². The van der Waals surface area contributed by atoms with Gasteiger partial charge in [0.25, 0.3) is 0 Å². The predicted molar refractivity (Wildman–Crippen MR) is 119 cm³/mol. The molecule has 0 saturated carbocycles. The van der Waals surface area contributed by atoms with Crippen LogP contribution in [0.5, 0.6) is 0 Å². The standard InChI is InChI=1S/C19H38N4O2.HI/c1-3-5-6-7-9-21-19(20-4-2)22-15-18(17-8-12-25-16-17)23-10-13-24-14-11-23;/h17-18H,3-16H2,1-2H3,(H2,20,21,22);1H. The van der Waals surface area contributed by atoms with Crippen LogP contribution in [-0.2, 0) is 9.47 Å². The fraction of sp³-hybridized carbons (Fsp3) is 0.947. The highest BCUT2D eigenvalue weighted by molar-refractivity contribution is 14.0. The lowest BCUT2D eigenvalue weighted by Crippen LogP contribution is -2.49. The SMILES string of the molecule is CCCCCCNC(=NCC(C1CCOC1)N1CCOCC1)NCC.I. The molecule has 6 nitrogen and oxygen atoms in total. The molecular weight excluding hydrogens is 443 g/mol. The fourth-order valence-corrected chi connectivity index (χ4v) is 3.61. The first-order valence-electron chi connectivity index (χ1n) is 10.3. The average molecular weight is 482 g/mol. The Bertz CT molecular complexity index is 373. The molecule has 2 saturated heterocycles. The third kappa shape index (κ3) is 8.71. The van der Waals surface area contributed by atoms with E-state index in [9.17, 15) is 0 Å². The van der Waals surface area contributed by atoms with Crippen molar-refractivity contribution in [3.63, 3.8) is 0 Å². The van der Waals surface area contributed by atoms with E-state index < -0.39 is 0 Å². The van der Waals surface area contributed by atoms with Crippen molar-refractivity contribution < 1.29 is 9.47 Å². The van der Waals surface area contributed by atoms with Crippen LogP contribution < -0.4 is 10.6 Å². The molecule has 2 atom stereocenters. The van der Waals surface area contributed by atoms with Crippen molar-refractivity contribution in [2.45, 2.75) is 52.0 Å². The van der Waals surface area contributed by atoms with E-state index in [1.54, 1.807) is 0 Å². The van der Waals surface area contributed by atoms with Gasteiger partial charge in [0.1, 0.15) is 0 Å². The molecular formula is C19H39IN4O2. The zero-order chi connectivity index (χ0) is 17.7. The maximum absolute atomic E-state index is 5.65. The van der Waals surface area contributed by atoms with Crippen LogP contribution in [0.2, 0.25) is 0 Å². The molecule has 0 bridgehead atoms. The molecule has 2 heterocycles. The van der Waals surface area contributed by atoms with Crippen molar-refractivity contribution in [1.29, 1.82) is 0 Å². The number of aliphatic imine (C=N–C) groups is 1. The summed E-state index contributed by atoms with van der Waals surface area (Å²) < 4.78 is 11.2. The monoisotopic (exact) mass is 482 g/mol. The highest BCUT2D eigenvalue weighted by Gasteiger charge is 2.31. The zero-order valence-electron chi connectivity index (χ0n) is 16.7. The van der Waals surface area contributed by atoms with Crippen LogP contribution in [0.15, 0.2) is 4.99 Å². The lowest BCUT2D eigenvalue weighted by molar-refractivity contribution is 0.00368. The molecule has 0 radical (unpaired) electrons. The number of rotatable bonds is 10. The number of hydrogen-bond acceptors (Lipinski definition) is 4. The number of unbranched alkanes of at least 4 members (excludes halogenated alkanes) is 3. The number of guanidine groups is 1. The Morgan fingerprint density at radius 3 is 2.54 bits per heavy atom. The minimum Gasteiger partial charge on any atom is -0.381 e. The molecule has 0 aromatic rings. The van der Waals surface area contributed by atoms with E-state index in [1.165, 1.54) is 25.7 Å². The lowest BCUT2D eigenvalue weighted by atomic mass is 9.97. The molecule has 0 spiro atoms. The van der Waals surface area contributed by atoms with Gasteiger partial charge in [-0.3, -0.25) is 9.89 Å². The van der Waals surface area contributed by atoms with Crippen molar-refractivity contribution >= 4 is 29.9 Å². The third-order valence-electron chi connectivity index (χ3n) is 5.13. The van der Waals surface area contributed by atoms with Gasteiger partial charge >= 0.3 is 0 Å². The third-order valence-corrected chi connectivity index (χ3v) is 5.13. The van der Waals surface area contributed by atoms with Crippen LogP contribution in [0, 0.1) is 5.92 Å². The van der Waals surface area contributed by atoms with Gasteiger partial charge < -0.3 is 20.1 Å². The van der Waals surface area contributed by atoms with Gasteiger partial charge in [-0.15, -0.1) is 24.0 Å². The molecule has 2 rings (SSSR count). The summed E-state index contributed by atoms with van der Waals surface area (Å²) in [5.41, 5.74) is 0. The molecule has 2 aliphatic rings. The molecule has 26 heavy (non-hydrogen) atoms. The summed E-state index contributed by atoms with van der Waals surface area (Å²) in [6.07, 6.45) is 6.24. The van der Waals surface area contributed by atoms with Gasteiger partial charge in [-0.05, 0) is 19.8 Å². The number of morpholine rings is 1. The molecule has 7 heteroatoms. The number of ether oxygens (including phenoxy) is 2. The van der Waals surface area contributed by atoms with Crippen molar-refractivity contribution in [2.75, 3.05) is 59.2 Å². The normalized spacial score (nSPS) is 22.7. The Kier molecular flexibility index (Phi) is 13.7. The quantitative estimate of drug-likeness (QED) is 0.217. The Labute approximate surface area is 176 Å². The van der Waals surface area contributed by atoms with E-state index in [2.05, 4.69) is 29.4 Å². The maximum Gasteiger partial charge on any atom is 0.191 e. The highest BCUT2D eigenvalue weighted by Crippen LogP contribution is 2.22. The van der Waals surface area contributed by atoms with Crippen LogP contribution in [0.1, 0.15) is 46.0 Å². The molecule has 154 valence electrons. The second-order valence-corrected chi connectivity index (χ2v) is 7.05. The summed E-state index contributed by atoms with van der Waals surface area (Å²) in [5.74, 6) is 1.55. The number of halogens is 1. The van der Waals surface area contributed by atoms with Crippen LogP contribution >= 0.6 is 24.0 Å². The highest BCUT2D eigenvalue weighted by atomic mass is 127. The number of nitrogens with one attached hydrogen (secondary N) is 2.